The number of hydrogen-bond donors (Lipinski definition) is 1. The molecule has 1 atom stereocenters. The van der Waals surface area contributed by atoms with Gasteiger partial charge in [-0.2, -0.15) is 5.10 Å². The van der Waals surface area contributed by atoms with Crippen molar-refractivity contribution in [3.05, 3.63) is 126 Å². The Labute approximate surface area is 222 Å². The van der Waals surface area contributed by atoms with Crippen molar-refractivity contribution >= 4 is 17.4 Å². The molecular formula is C31H30N6O. The van der Waals surface area contributed by atoms with Gasteiger partial charge in [-0.1, -0.05) is 48.5 Å². The van der Waals surface area contributed by atoms with Crippen LogP contribution in [0.2, 0.25) is 0 Å². The molecule has 3 heterocycles. The second-order valence-corrected chi connectivity index (χ2v) is 9.75. The Morgan fingerprint density at radius 2 is 1.58 bits per heavy atom. The van der Waals surface area contributed by atoms with E-state index >= 15 is 0 Å². The first-order valence-corrected chi connectivity index (χ1v) is 12.7. The molecule has 7 heteroatoms. The monoisotopic (exact) mass is 502 g/mol. The van der Waals surface area contributed by atoms with E-state index in [1.807, 2.05) is 85.2 Å². The number of anilines is 2. The molecule has 5 aromatic rings. The molecule has 1 N–H and O–H groups in total. The van der Waals surface area contributed by atoms with E-state index in [0.29, 0.717) is 6.54 Å². The van der Waals surface area contributed by atoms with Crippen molar-refractivity contribution in [2.45, 2.75) is 19.5 Å². The number of nitrogens with one attached hydrogen (secondary N) is 1. The second kappa shape index (κ2) is 9.59. The highest BCUT2D eigenvalue weighted by Gasteiger charge is 2.36. The zero-order valence-electron chi connectivity index (χ0n) is 21.7. The minimum atomic E-state index is -0.305. The predicted octanol–water partition coefficient (Wildman–Crippen LogP) is 6.17. The Bertz CT molecular complexity index is 1570. The van der Waals surface area contributed by atoms with Crippen LogP contribution in [-0.2, 0) is 6.54 Å². The molecule has 0 saturated heterocycles. The van der Waals surface area contributed by atoms with Crippen LogP contribution in [-0.4, -0.2) is 39.4 Å². The van der Waals surface area contributed by atoms with Crippen LogP contribution < -0.4 is 10.2 Å². The van der Waals surface area contributed by atoms with E-state index in [-0.39, 0.29) is 12.1 Å². The van der Waals surface area contributed by atoms with Gasteiger partial charge in [0.1, 0.15) is 5.82 Å². The number of amides is 2. The molecule has 1 aliphatic rings. The van der Waals surface area contributed by atoms with Crippen molar-refractivity contribution in [1.82, 2.24) is 19.2 Å². The highest BCUT2D eigenvalue weighted by atomic mass is 16.2. The van der Waals surface area contributed by atoms with Gasteiger partial charge in [-0.05, 0) is 61.0 Å². The topological polar surface area (TPSA) is 58.3 Å². The van der Waals surface area contributed by atoms with Crippen LogP contribution in [0.4, 0.5) is 16.2 Å². The van der Waals surface area contributed by atoms with Crippen LogP contribution >= 0.6 is 0 Å². The standard InChI is InChI=1S/C31H30N6O/c1-22-27-21-36(31(38)32-24-11-6-4-7-12-24)29(23-16-18-25(19-17-23)34(2)3)28-15-10-20-35(28)30(27)37(33-22)26-13-8-5-9-14-26/h4-20,29H,21H2,1-3H3,(H,32,38). The van der Waals surface area contributed by atoms with Crippen molar-refractivity contribution in [2.24, 2.45) is 0 Å². The molecule has 0 bridgehead atoms. The lowest BCUT2D eigenvalue weighted by Gasteiger charge is -2.31. The molecule has 190 valence electrons. The number of hydrogen-bond acceptors (Lipinski definition) is 3. The Hall–Kier alpha value is -4.78. The minimum Gasteiger partial charge on any atom is -0.378 e. The third kappa shape index (κ3) is 4.12. The van der Waals surface area contributed by atoms with Crippen molar-refractivity contribution in [3.8, 4) is 11.5 Å². The molecule has 1 unspecified atom stereocenters. The van der Waals surface area contributed by atoms with Gasteiger partial charge in [-0.25, -0.2) is 9.48 Å². The molecule has 6 rings (SSSR count). The Morgan fingerprint density at radius 3 is 2.26 bits per heavy atom. The molecule has 7 nitrogen and oxygen atoms in total. The summed E-state index contributed by atoms with van der Waals surface area (Å²) >= 11 is 0. The Balaban J connectivity index is 1.53. The number of carbonyl (C=O) groups excluding carboxylic acids is 1. The fourth-order valence-electron chi connectivity index (χ4n) is 5.17. The minimum absolute atomic E-state index is 0.162. The normalized spacial score (nSPS) is 14.4. The number of rotatable bonds is 4. The fourth-order valence-corrected chi connectivity index (χ4v) is 5.17. The van der Waals surface area contributed by atoms with Gasteiger partial charge >= 0.3 is 6.03 Å². The second-order valence-electron chi connectivity index (χ2n) is 9.75. The summed E-state index contributed by atoms with van der Waals surface area (Å²) in [5, 5.41) is 8.04. The molecule has 3 aromatic carbocycles. The third-order valence-corrected chi connectivity index (χ3v) is 7.10. The summed E-state index contributed by atoms with van der Waals surface area (Å²) in [5.74, 6) is 0.957. The lowest BCUT2D eigenvalue weighted by atomic mass is 10.0. The first-order valence-electron chi connectivity index (χ1n) is 12.7. The van der Waals surface area contributed by atoms with Crippen LogP contribution in [0.15, 0.2) is 103 Å². The molecule has 2 amide bonds. The van der Waals surface area contributed by atoms with Gasteiger partial charge in [0.2, 0.25) is 0 Å². The quantitative estimate of drug-likeness (QED) is 0.320. The summed E-state index contributed by atoms with van der Waals surface area (Å²) in [4.78, 5) is 18.0. The molecule has 0 radical (unpaired) electrons. The molecule has 0 saturated carbocycles. The zero-order valence-corrected chi connectivity index (χ0v) is 21.7. The summed E-state index contributed by atoms with van der Waals surface area (Å²) in [5.41, 5.74) is 6.80. The number of fused-ring (bicyclic) bond motifs is 3. The maximum absolute atomic E-state index is 14.0. The van der Waals surface area contributed by atoms with Gasteiger partial charge in [-0.15, -0.1) is 0 Å². The summed E-state index contributed by atoms with van der Waals surface area (Å²) in [6.07, 6.45) is 2.06. The summed E-state index contributed by atoms with van der Waals surface area (Å²) in [6.45, 7) is 2.43. The highest BCUT2D eigenvalue weighted by molar-refractivity contribution is 5.90. The van der Waals surface area contributed by atoms with Gasteiger partial charge in [-0.3, -0.25) is 0 Å². The van der Waals surface area contributed by atoms with E-state index in [0.717, 1.165) is 45.4 Å². The van der Waals surface area contributed by atoms with Crippen molar-refractivity contribution in [3.63, 3.8) is 0 Å². The lowest BCUT2D eigenvalue weighted by Crippen LogP contribution is -2.38. The Morgan fingerprint density at radius 1 is 0.895 bits per heavy atom. The molecule has 38 heavy (non-hydrogen) atoms. The first kappa shape index (κ1) is 23.6. The molecule has 0 fully saturated rings. The van der Waals surface area contributed by atoms with E-state index in [4.69, 9.17) is 5.10 Å². The Kier molecular flexibility index (Phi) is 5.96. The maximum atomic E-state index is 14.0. The highest BCUT2D eigenvalue weighted by Crippen LogP contribution is 2.39. The number of para-hydroxylation sites is 2. The summed E-state index contributed by atoms with van der Waals surface area (Å²) < 4.78 is 4.17. The number of aryl methyl sites for hydroxylation is 1. The van der Waals surface area contributed by atoms with Gasteiger partial charge in [0.15, 0.2) is 0 Å². The molecular weight excluding hydrogens is 472 g/mol. The van der Waals surface area contributed by atoms with Gasteiger partial charge < -0.3 is 19.7 Å². The van der Waals surface area contributed by atoms with E-state index in [2.05, 4.69) is 63.4 Å². The van der Waals surface area contributed by atoms with Crippen molar-refractivity contribution in [2.75, 3.05) is 24.3 Å². The van der Waals surface area contributed by atoms with Gasteiger partial charge in [0.05, 0.1) is 29.7 Å². The van der Waals surface area contributed by atoms with E-state index in [1.165, 1.54) is 0 Å². The average Bonchev–Trinajstić information content (AvgIpc) is 3.50. The smallest absolute Gasteiger partial charge is 0.322 e. The van der Waals surface area contributed by atoms with Crippen molar-refractivity contribution in [1.29, 1.82) is 0 Å². The average molecular weight is 503 g/mol. The van der Waals surface area contributed by atoms with E-state index in [1.54, 1.807) is 0 Å². The van der Waals surface area contributed by atoms with Crippen LogP contribution in [0, 0.1) is 6.92 Å². The summed E-state index contributed by atoms with van der Waals surface area (Å²) in [6, 6.07) is 31.8. The molecule has 0 aliphatic carbocycles. The van der Waals surface area contributed by atoms with Crippen LogP contribution in [0.5, 0.6) is 0 Å². The molecule has 1 aliphatic heterocycles. The van der Waals surface area contributed by atoms with Crippen molar-refractivity contribution < 1.29 is 4.79 Å². The maximum Gasteiger partial charge on any atom is 0.322 e. The molecule has 2 aromatic heterocycles. The largest absolute Gasteiger partial charge is 0.378 e. The first-order chi connectivity index (χ1) is 18.5. The number of carbonyl (C=O) groups is 1. The number of aromatic nitrogens is 3. The van der Waals surface area contributed by atoms with E-state index in [9.17, 15) is 4.79 Å². The molecule has 0 spiro atoms. The van der Waals surface area contributed by atoms with E-state index < -0.39 is 0 Å². The number of nitrogens with zero attached hydrogens (tertiary/aromatic N) is 5. The SMILES string of the molecule is Cc1nn(-c2ccccc2)c2c1CN(C(=O)Nc1ccccc1)C(c1ccc(N(C)C)cc1)c1cccn1-2. The predicted molar refractivity (Wildman–Crippen MR) is 151 cm³/mol. The number of urea groups is 1. The zero-order chi connectivity index (χ0) is 26.2. The van der Waals surface area contributed by atoms with Crippen LogP contribution in [0.25, 0.3) is 11.5 Å². The third-order valence-electron chi connectivity index (χ3n) is 7.10. The number of benzene rings is 3. The lowest BCUT2D eigenvalue weighted by molar-refractivity contribution is 0.194. The van der Waals surface area contributed by atoms with Gasteiger partial charge in [0.25, 0.3) is 0 Å². The fraction of sp³-hybridized carbons (Fsp3) is 0.161. The van der Waals surface area contributed by atoms with Crippen LogP contribution in [0.3, 0.4) is 0 Å². The summed E-state index contributed by atoms with van der Waals surface area (Å²) in [7, 11) is 4.06. The van der Waals surface area contributed by atoms with Crippen LogP contribution in [0.1, 0.15) is 28.6 Å². The van der Waals surface area contributed by atoms with Gasteiger partial charge in [0, 0.05) is 37.2 Å².